The van der Waals surface area contributed by atoms with Crippen LogP contribution < -0.4 is 10.1 Å². The van der Waals surface area contributed by atoms with Gasteiger partial charge in [-0.15, -0.1) is 0 Å². The quantitative estimate of drug-likeness (QED) is 0.836. The molecule has 6 heteroatoms. The second-order valence-corrected chi connectivity index (χ2v) is 7.45. The number of halogens is 1. The predicted octanol–water partition coefficient (Wildman–Crippen LogP) is 4.18. The maximum atomic E-state index is 12.2. The van der Waals surface area contributed by atoms with Crippen molar-refractivity contribution in [1.82, 2.24) is 10.2 Å². The molecule has 2 aromatic rings. The highest BCUT2D eigenvalue weighted by molar-refractivity contribution is 9.10. The van der Waals surface area contributed by atoms with Gasteiger partial charge in [-0.05, 0) is 47.5 Å². The minimum atomic E-state index is -0.635. The molecule has 0 aliphatic carbocycles. The van der Waals surface area contributed by atoms with Crippen molar-refractivity contribution in [2.75, 3.05) is 5.32 Å². The third kappa shape index (κ3) is 4.58. The van der Waals surface area contributed by atoms with Gasteiger partial charge in [-0.25, -0.2) is 0 Å². The van der Waals surface area contributed by atoms with Gasteiger partial charge in [-0.1, -0.05) is 26.8 Å². The molecule has 23 heavy (non-hydrogen) atoms. The minimum Gasteiger partial charge on any atom is -0.480 e. The normalized spacial score (nSPS) is 12.8. The molecular weight excluding hydrogens is 358 g/mol. The molecule has 0 radical (unpaired) electrons. The molecule has 0 saturated heterocycles. The molecular formula is C17H22BrN3O2. The molecule has 1 atom stereocenters. The summed E-state index contributed by atoms with van der Waals surface area (Å²) in [4.78, 5) is 12.2. The third-order valence-electron chi connectivity index (χ3n) is 3.40. The van der Waals surface area contributed by atoms with E-state index in [-0.39, 0.29) is 11.3 Å². The Balaban J connectivity index is 2.01. The third-order valence-corrected chi connectivity index (χ3v) is 4.02. The molecule has 0 aliphatic heterocycles. The summed E-state index contributed by atoms with van der Waals surface area (Å²) in [6, 6.07) is 7.57. The van der Waals surface area contributed by atoms with Crippen LogP contribution in [0.25, 0.3) is 0 Å². The van der Waals surface area contributed by atoms with Gasteiger partial charge in [0.25, 0.3) is 5.91 Å². The molecule has 124 valence electrons. The second-order valence-electron chi connectivity index (χ2n) is 6.60. The van der Waals surface area contributed by atoms with Crippen LogP contribution >= 0.6 is 15.9 Å². The molecule has 5 nitrogen and oxygen atoms in total. The van der Waals surface area contributed by atoms with Gasteiger partial charge in [0.05, 0.1) is 4.47 Å². The summed E-state index contributed by atoms with van der Waals surface area (Å²) in [6.07, 6.45) is -0.635. The van der Waals surface area contributed by atoms with E-state index in [1.54, 1.807) is 6.92 Å². The summed E-state index contributed by atoms with van der Waals surface area (Å²) < 4.78 is 6.54. The molecule has 0 fully saturated rings. The van der Waals surface area contributed by atoms with E-state index in [2.05, 4.69) is 52.2 Å². The number of anilines is 1. The number of carbonyl (C=O) groups is 1. The molecule has 2 rings (SSSR count). The Morgan fingerprint density at radius 2 is 2.04 bits per heavy atom. The van der Waals surface area contributed by atoms with E-state index in [1.165, 1.54) is 0 Å². The van der Waals surface area contributed by atoms with Crippen LogP contribution in [0.4, 0.5) is 5.82 Å². The smallest absolute Gasteiger partial charge is 0.266 e. The van der Waals surface area contributed by atoms with Crippen LogP contribution in [-0.2, 0) is 10.2 Å². The van der Waals surface area contributed by atoms with E-state index in [0.29, 0.717) is 11.6 Å². The van der Waals surface area contributed by atoms with Crippen LogP contribution in [0.3, 0.4) is 0 Å². The number of aryl methyl sites for hydroxylation is 1. The first-order valence-corrected chi connectivity index (χ1v) is 8.25. The number of aromatic nitrogens is 2. The van der Waals surface area contributed by atoms with Gasteiger partial charge < -0.3 is 10.1 Å². The average Bonchev–Trinajstić information content (AvgIpc) is 2.90. The molecule has 1 unspecified atom stereocenters. The number of carbonyl (C=O) groups excluding carboxylic acids is 1. The maximum Gasteiger partial charge on any atom is 0.266 e. The maximum absolute atomic E-state index is 12.2. The summed E-state index contributed by atoms with van der Waals surface area (Å²) in [7, 11) is 0. The standard InChI is InChI=1S/C17H22BrN3O2/c1-10-6-7-13(12(18)8-10)23-11(2)16(22)19-15-9-14(20-21-15)17(3,4)5/h6-9,11H,1-5H3,(H2,19,20,21,22). The zero-order valence-electron chi connectivity index (χ0n) is 14.0. The largest absolute Gasteiger partial charge is 0.480 e. The molecule has 2 N–H and O–H groups in total. The number of ether oxygens (including phenoxy) is 1. The van der Waals surface area contributed by atoms with E-state index in [0.717, 1.165) is 15.7 Å². The Morgan fingerprint density at radius 3 is 2.61 bits per heavy atom. The molecule has 1 aromatic heterocycles. The van der Waals surface area contributed by atoms with Gasteiger partial charge in [-0.2, -0.15) is 5.10 Å². The number of benzene rings is 1. The zero-order valence-corrected chi connectivity index (χ0v) is 15.6. The first kappa shape index (κ1) is 17.5. The van der Waals surface area contributed by atoms with Crippen molar-refractivity contribution >= 4 is 27.7 Å². The van der Waals surface area contributed by atoms with Gasteiger partial charge in [0.15, 0.2) is 11.9 Å². The first-order valence-electron chi connectivity index (χ1n) is 7.46. The van der Waals surface area contributed by atoms with E-state index < -0.39 is 6.10 Å². The summed E-state index contributed by atoms with van der Waals surface area (Å²) in [5.74, 6) is 0.887. The number of nitrogens with one attached hydrogen (secondary N) is 2. The van der Waals surface area contributed by atoms with Crippen LogP contribution in [0.15, 0.2) is 28.7 Å². The van der Waals surface area contributed by atoms with Crippen molar-refractivity contribution in [3.8, 4) is 5.75 Å². The van der Waals surface area contributed by atoms with Crippen LogP contribution in [0, 0.1) is 6.92 Å². The lowest BCUT2D eigenvalue weighted by Gasteiger charge is -2.15. The van der Waals surface area contributed by atoms with Crippen molar-refractivity contribution in [3.63, 3.8) is 0 Å². The highest BCUT2D eigenvalue weighted by Crippen LogP contribution is 2.27. The van der Waals surface area contributed by atoms with Crippen LogP contribution in [0.2, 0.25) is 0 Å². The molecule has 0 saturated carbocycles. The van der Waals surface area contributed by atoms with Crippen LogP contribution in [-0.4, -0.2) is 22.2 Å². The van der Waals surface area contributed by atoms with Gasteiger partial charge in [0.2, 0.25) is 0 Å². The number of rotatable bonds is 4. The monoisotopic (exact) mass is 379 g/mol. The molecule has 1 heterocycles. The Labute approximate surface area is 144 Å². The molecule has 1 amide bonds. The van der Waals surface area contributed by atoms with Crippen molar-refractivity contribution in [1.29, 1.82) is 0 Å². The van der Waals surface area contributed by atoms with Gasteiger partial charge in [-0.3, -0.25) is 9.89 Å². The molecule has 0 spiro atoms. The Hall–Kier alpha value is -1.82. The van der Waals surface area contributed by atoms with E-state index >= 15 is 0 Å². The summed E-state index contributed by atoms with van der Waals surface area (Å²) >= 11 is 3.44. The number of hydrogen-bond acceptors (Lipinski definition) is 3. The topological polar surface area (TPSA) is 67.0 Å². The first-order chi connectivity index (χ1) is 10.7. The van der Waals surface area contributed by atoms with E-state index in [9.17, 15) is 4.79 Å². The van der Waals surface area contributed by atoms with E-state index in [4.69, 9.17) is 4.74 Å². The SMILES string of the molecule is Cc1ccc(OC(C)C(=O)Nc2cc(C(C)(C)C)[nH]n2)c(Br)c1. The molecule has 0 bridgehead atoms. The van der Waals surface area contributed by atoms with E-state index in [1.807, 2.05) is 31.2 Å². The highest BCUT2D eigenvalue weighted by Gasteiger charge is 2.20. The van der Waals surface area contributed by atoms with Crippen molar-refractivity contribution < 1.29 is 9.53 Å². The Bertz CT molecular complexity index is 704. The molecule has 0 aliphatic rings. The predicted molar refractivity (Wildman–Crippen MR) is 94.9 cm³/mol. The highest BCUT2D eigenvalue weighted by atomic mass is 79.9. The lowest BCUT2D eigenvalue weighted by Crippen LogP contribution is -2.30. The minimum absolute atomic E-state index is 0.0507. The van der Waals surface area contributed by atoms with Gasteiger partial charge >= 0.3 is 0 Å². The fourth-order valence-corrected chi connectivity index (χ4v) is 2.53. The second kappa shape index (κ2) is 6.74. The Kier molecular flexibility index (Phi) is 5.14. The fraction of sp³-hybridized carbons (Fsp3) is 0.412. The Morgan fingerprint density at radius 1 is 1.35 bits per heavy atom. The van der Waals surface area contributed by atoms with Crippen molar-refractivity contribution in [3.05, 3.63) is 40.0 Å². The van der Waals surface area contributed by atoms with Crippen LogP contribution in [0.1, 0.15) is 39.0 Å². The van der Waals surface area contributed by atoms with Crippen molar-refractivity contribution in [2.45, 2.75) is 46.1 Å². The van der Waals surface area contributed by atoms with Gasteiger partial charge in [0.1, 0.15) is 5.75 Å². The average molecular weight is 380 g/mol. The van der Waals surface area contributed by atoms with Gasteiger partial charge in [0, 0.05) is 17.2 Å². The summed E-state index contributed by atoms with van der Waals surface area (Å²) in [6.45, 7) is 9.93. The zero-order chi connectivity index (χ0) is 17.2. The number of nitrogens with zero attached hydrogens (tertiary/aromatic N) is 1. The summed E-state index contributed by atoms with van der Waals surface area (Å²) in [5.41, 5.74) is 2.03. The number of hydrogen-bond donors (Lipinski definition) is 2. The fourth-order valence-electron chi connectivity index (χ4n) is 1.94. The lowest BCUT2D eigenvalue weighted by atomic mass is 9.92. The number of amides is 1. The van der Waals surface area contributed by atoms with Crippen molar-refractivity contribution in [2.24, 2.45) is 0 Å². The molecule has 1 aromatic carbocycles. The number of H-pyrrole nitrogens is 1. The summed E-state index contributed by atoms with van der Waals surface area (Å²) in [5, 5.41) is 9.83. The lowest BCUT2D eigenvalue weighted by molar-refractivity contribution is -0.122. The number of aromatic amines is 1. The van der Waals surface area contributed by atoms with Crippen LogP contribution in [0.5, 0.6) is 5.75 Å².